The van der Waals surface area contributed by atoms with Crippen LogP contribution in [0.1, 0.15) is 27.0 Å². The van der Waals surface area contributed by atoms with Gasteiger partial charge in [-0.1, -0.05) is 28.9 Å². The molecule has 160 valence electrons. The molecule has 10 heteroatoms. The summed E-state index contributed by atoms with van der Waals surface area (Å²) < 4.78 is 39.6. The average molecular weight is 450 g/mol. The first-order chi connectivity index (χ1) is 14.6. The molecule has 1 heterocycles. The largest absolute Gasteiger partial charge is 0.417 e. The zero-order valence-corrected chi connectivity index (χ0v) is 16.5. The highest BCUT2D eigenvalue weighted by Gasteiger charge is 2.31. The minimum Gasteiger partial charge on any atom is -0.380 e. The van der Waals surface area contributed by atoms with Gasteiger partial charge in [0.1, 0.15) is 0 Å². The van der Waals surface area contributed by atoms with Crippen molar-refractivity contribution in [3.63, 3.8) is 0 Å². The Morgan fingerprint density at radius 3 is 2.45 bits per heavy atom. The van der Waals surface area contributed by atoms with Crippen LogP contribution in [0.4, 0.5) is 13.2 Å². The van der Waals surface area contributed by atoms with Gasteiger partial charge in [0.25, 0.3) is 5.56 Å². The fraction of sp³-hybridized carbons (Fsp3) is 0.0952. The molecule has 0 saturated heterocycles. The van der Waals surface area contributed by atoms with Crippen LogP contribution in [0.15, 0.2) is 76.8 Å². The summed E-state index contributed by atoms with van der Waals surface area (Å²) in [5, 5.41) is 4.09. The van der Waals surface area contributed by atoms with E-state index < -0.39 is 23.3 Å². The third-order valence-electron chi connectivity index (χ3n) is 4.19. The molecule has 1 aromatic heterocycles. The number of pyridine rings is 1. The van der Waals surface area contributed by atoms with E-state index in [0.29, 0.717) is 16.1 Å². The number of aromatic nitrogens is 1. The summed E-state index contributed by atoms with van der Waals surface area (Å²) >= 11 is 5.79. The highest BCUT2D eigenvalue weighted by Crippen LogP contribution is 2.28. The number of hydrogen-bond donors (Lipinski definition) is 1. The molecular weight excluding hydrogens is 435 g/mol. The highest BCUT2D eigenvalue weighted by atomic mass is 35.5. The molecule has 0 aliphatic carbocycles. The minimum atomic E-state index is -4.58. The van der Waals surface area contributed by atoms with E-state index in [1.54, 1.807) is 30.3 Å². The van der Waals surface area contributed by atoms with E-state index in [9.17, 15) is 22.8 Å². The Morgan fingerprint density at radius 2 is 1.77 bits per heavy atom. The summed E-state index contributed by atoms with van der Waals surface area (Å²) in [4.78, 5) is 29.0. The number of carbonyl (C=O) groups is 1. The predicted octanol–water partition coefficient (Wildman–Crippen LogP) is 4.05. The van der Waals surface area contributed by atoms with Crippen LogP contribution in [-0.4, -0.2) is 16.4 Å². The number of carbonyl (C=O) groups excluding carboxylic acids is 1. The third-order valence-corrected chi connectivity index (χ3v) is 4.45. The van der Waals surface area contributed by atoms with E-state index in [1.807, 2.05) is 0 Å². The summed E-state index contributed by atoms with van der Waals surface area (Å²) in [6.45, 7) is -0.167. The van der Waals surface area contributed by atoms with E-state index in [4.69, 9.17) is 22.2 Å². The zero-order valence-electron chi connectivity index (χ0n) is 15.8. The van der Waals surface area contributed by atoms with Crippen LogP contribution < -0.4 is 11.3 Å². The molecular formula is C21H15ClF3N3O3. The van der Waals surface area contributed by atoms with Gasteiger partial charge >= 0.3 is 12.1 Å². The number of nitrogens with two attached hydrogens (primary N) is 1. The number of rotatable bonds is 5. The van der Waals surface area contributed by atoms with Crippen LogP contribution in [-0.2, 0) is 17.6 Å². The number of amidine groups is 1. The fourth-order valence-electron chi connectivity index (χ4n) is 2.63. The topological polar surface area (TPSA) is 86.7 Å². The van der Waals surface area contributed by atoms with E-state index in [-0.39, 0.29) is 17.9 Å². The Labute approximate surface area is 179 Å². The molecule has 0 amide bonds. The first-order valence-electron chi connectivity index (χ1n) is 8.81. The molecule has 0 radical (unpaired) electrons. The Kier molecular flexibility index (Phi) is 6.45. The molecule has 0 atom stereocenters. The monoisotopic (exact) mass is 449 g/mol. The minimum absolute atomic E-state index is 0.0447. The molecule has 31 heavy (non-hydrogen) atoms. The lowest BCUT2D eigenvalue weighted by atomic mass is 10.1. The van der Waals surface area contributed by atoms with E-state index in [2.05, 4.69) is 5.16 Å². The molecule has 6 nitrogen and oxygen atoms in total. The second-order valence-electron chi connectivity index (χ2n) is 6.44. The standard InChI is InChI=1S/C21H15ClF3N3O3/c22-17-7-4-14(5-8-17)19(26)27-31-20(30)15-3-1-2-13(10-15)11-28-12-16(21(23,24)25)6-9-18(28)29/h1-10,12H,11H2,(H2,26,27). The zero-order chi connectivity index (χ0) is 22.6. The first kappa shape index (κ1) is 22.1. The highest BCUT2D eigenvalue weighted by molar-refractivity contribution is 6.30. The predicted molar refractivity (Wildman–Crippen MR) is 109 cm³/mol. The maximum Gasteiger partial charge on any atom is 0.417 e. The van der Waals surface area contributed by atoms with E-state index >= 15 is 0 Å². The van der Waals surface area contributed by atoms with E-state index in [1.165, 1.54) is 18.2 Å². The van der Waals surface area contributed by atoms with Gasteiger partial charge in [0.2, 0.25) is 0 Å². The van der Waals surface area contributed by atoms with Gasteiger partial charge in [-0.15, -0.1) is 0 Å². The summed E-state index contributed by atoms with van der Waals surface area (Å²) in [5.41, 5.74) is 5.22. The quantitative estimate of drug-likeness (QED) is 0.275. The Balaban J connectivity index is 1.76. The second kappa shape index (κ2) is 9.05. The van der Waals surface area contributed by atoms with Gasteiger partial charge in [-0.3, -0.25) is 4.79 Å². The van der Waals surface area contributed by atoms with Gasteiger partial charge in [-0.2, -0.15) is 13.2 Å². The molecule has 0 spiro atoms. The van der Waals surface area contributed by atoms with Crippen molar-refractivity contribution in [2.75, 3.05) is 0 Å². The number of hydrogen-bond acceptors (Lipinski definition) is 4. The van der Waals surface area contributed by atoms with E-state index in [0.717, 1.165) is 22.9 Å². The molecule has 0 bridgehead atoms. The maximum absolute atomic E-state index is 12.9. The lowest BCUT2D eigenvalue weighted by Gasteiger charge is -2.11. The van der Waals surface area contributed by atoms with Crippen molar-refractivity contribution in [2.24, 2.45) is 10.9 Å². The lowest BCUT2D eigenvalue weighted by Crippen LogP contribution is -2.22. The van der Waals surface area contributed by atoms with Crippen LogP contribution in [0.5, 0.6) is 0 Å². The molecule has 0 fully saturated rings. The van der Waals surface area contributed by atoms with Crippen LogP contribution >= 0.6 is 11.6 Å². The average Bonchev–Trinajstić information content (AvgIpc) is 2.73. The summed E-state index contributed by atoms with van der Waals surface area (Å²) in [7, 11) is 0. The smallest absolute Gasteiger partial charge is 0.380 e. The van der Waals surface area contributed by atoms with Gasteiger partial charge in [0.15, 0.2) is 5.84 Å². The molecule has 3 aromatic rings. The maximum atomic E-state index is 12.9. The Bertz CT molecular complexity index is 1190. The normalized spacial score (nSPS) is 11.9. The molecule has 0 unspecified atom stereocenters. The van der Waals surface area contributed by atoms with Gasteiger partial charge in [0, 0.05) is 22.8 Å². The lowest BCUT2D eigenvalue weighted by molar-refractivity contribution is -0.138. The van der Waals surface area contributed by atoms with Crippen LogP contribution in [0, 0.1) is 0 Å². The van der Waals surface area contributed by atoms with Crippen molar-refractivity contribution in [1.29, 1.82) is 0 Å². The van der Waals surface area contributed by atoms with Crippen LogP contribution in [0.25, 0.3) is 0 Å². The Morgan fingerprint density at radius 1 is 1.06 bits per heavy atom. The number of oxime groups is 1. The summed E-state index contributed by atoms with van der Waals surface area (Å²) in [6, 6.07) is 13.9. The van der Waals surface area contributed by atoms with Crippen molar-refractivity contribution in [3.8, 4) is 0 Å². The van der Waals surface area contributed by atoms with Crippen molar-refractivity contribution in [2.45, 2.75) is 12.7 Å². The fourth-order valence-corrected chi connectivity index (χ4v) is 2.76. The Hall–Kier alpha value is -3.59. The van der Waals surface area contributed by atoms with Crippen molar-refractivity contribution < 1.29 is 22.8 Å². The summed E-state index contributed by atoms with van der Waals surface area (Å²) in [5.74, 6) is -0.869. The number of nitrogens with zero attached hydrogens (tertiary/aromatic N) is 2. The first-order valence-corrected chi connectivity index (χ1v) is 9.18. The number of alkyl halides is 3. The molecule has 0 aliphatic heterocycles. The summed E-state index contributed by atoms with van der Waals surface area (Å²) in [6.07, 6.45) is -3.85. The number of halogens is 4. The molecule has 3 rings (SSSR count). The second-order valence-corrected chi connectivity index (χ2v) is 6.88. The SMILES string of the molecule is N/C(=N/OC(=O)c1cccc(Cn2cc(C(F)(F)F)ccc2=O)c1)c1ccc(Cl)cc1. The van der Waals surface area contributed by atoms with Gasteiger partial charge < -0.3 is 15.1 Å². The van der Waals surface area contributed by atoms with Crippen molar-refractivity contribution in [3.05, 3.63) is 104 Å². The van der Waals surface area contributed by atoms with Crippen molar-refractivity contribution >= 4 is 23.4 Å². The molecule has 2 N–H and O–H groups in total. The van der Waals surface area contributed by atoms with Gasteiger partial charge in [-0.25, -0.2) is 4.79 Å². The molecule has 2 aromatic carbocycles. The van der Waals surface area contributed by atoms with Crippen LogP contribution in [0.2, 0.25) is 5.02 Å². The molecule has 0 saturated carbocycles. The molecule has 0 aliphatic rings. The van der Waals surface area contributed by atoms with Crippen LogP contribution in [0.3, 0.4) is 0 Å². The third kappa shape index (κ3) is 5.73. The van der Waals surface area contributed by atoms with Gasteiger partial charge in [-0.05, 0) is 48.0 Å². The number of benzene rings is 2. The van der Waals surface area contributed by atoms with Crippen molar-refractivity contribution in [1.82, 2.24) is 4.57 Å². The van der Waals surface area contributed by atoms with Gasteiger partial charge in [0.05, 0.1) is 17.7 Å².